The Balaban J connectivity index is 1.65. The molecule has 10 heteroatoms. The second kappa shape index (κ2) is 6.85. The van der Waals surface area contributed by atoms with Gasteiger partial charge in [-0.05, 0) is 31.9 Å². The maximum atomic E-state index is 14.2. The number of nitrogens with zero attached hydrogens (tertiary/aromatic N) is 3. The van der Waals surface area contributed by atoms with Gasteiger partial charge in [-0.15, -0.1) is 11.3 Å². The van der Waals surface area contributed by atoms with Crippen LogP contribution in [0.1, 0.15) is 33.9 Å². The molecule has 1 saturated carbocycles. The summed E-state index contributed by atoms with van der Waals surface area (Å²) in [5.74, 6) is -4.24. The van der Waals surface area contributed by atoms with Crippen molar-refractivity contribution in [1.82, 2.24) is 19.9 Å². The Hall–Kier alpha value is -2.46. The van der Waals surface area contributed by atoms with Gasteiger partial charge in [-0.3, -0.25) is 4.79 Å². The van der Waals surface area contributed by atoms with Crippen molar-refractivity contribution in [2.45, 2.75) is 44.2 Å². The number of thiazole rings is 1. The maximum absolute atomic E-state index is 14.2. The number of aromatic nitrogens is 3. The maximum Gasteiger partial charge on any atom is 0.280 e. The first-order chi connectivity index (χ1) is 13.3. The molecule has 1 fully saturated rings. The number of hydrogen-bond donors (Lipinski definition) is 2. The fourth-order valence-corrected chi connectivity index (χ4v) is 4.37. The summed E-state index contributed by atoms with van der Waals surface area (Å²) in [5.41, 5.74) is 6.88. The van der Waals surface area contributed by atoms with Gasteiger partial charge < -0.3 is 11.1 Å². The molecule has 4 rings (SSSR count). The van der Waals surface area contributed by atoms with Crippen molar-refractivity contribution in [3.63, 3.8) is 0 Å². The molecule has 148 valence electrons. The summed E-state index contributed by atoms with van der Waals surface area (Å²) in [6, 6.07) is 0.583. The second-order valence-electron chi connectivity index (χ2n) is 6.90. The van der Waals surface area contributed by atoms with E-state index in [4.69, 9.17) is 5.73 Å². The molecule has 3 N–H and O–H groups in total. The Labute approximate surface area is 162 Å². The Morgan fingerprint density at radius 1 is 1.46 bits per heavy atom. The monoisotopic (exact) mass is 409 g/mol. The van der Waals surface area contributed by atoms with Gasteiger partial charge in [0.2, 0.25) is 0 Å². The molecule has 0 saturated heterocycles. The van der Waals surface area contributed by atoms with Gasteiger partial charge >= 0.3 is 0 Å². The molecular weight excluding hydrogens is 391 g/mol. The molecule has 2 atom stereocenters. The SMILES string of the molecule is Cc1sc(C(=O)N[C@@H]2[C@H](N)CCCC2(F)F)nc1-c1cnn2cccc(F)c12. The van der Waals surface area contributed by atoms with Crippen molar-refractivity contribution in [3.05, 3.63) is 40.2 Å². The quantitative estimate of drug-likeness (QED) is 0.696. The number of aryl methyl sites for hydroxylation is 1. The Bertz CT molecular complexity index is 1050. The van der Waals surface area contributed by atoms with E-state index in [0.717, 1.165) is 11.3 Å². The van der Waals surface area contributed by atoms with Gasteiger partial charge in [-0.25, -0.2) is 22.7 Å². The van der Waals surface area contributed by atoms with Crippen LogP contribution in [-0.2, 0) is 0 Å². The van der Waals surface area contributed by atoms with Crippen LogP contribution in [0.25, 0.3) is 16.8 Å². The van der Waals surface area contributed by atoms with Crippen molar-refractivity contribution in [1.29, 1.82) is 0 Å². The number of carbonyl (C=O) groups is 1. The summed E-state index contributed by atoms with van der Waals surface area (Å²) in [5, 5.41) is 6.47. The molecule has 0 radical (unpaired) electrons. The topological polar surface area (TPSA) is 85.3 Å². The van der Waals surface area contributed by atoms with E-state index in [1.165, 1.54) is 22.8 Å². The van der Waals surface area contributed by atoms with Gasteiger partial charge in [-0.1, -0.05) is 0 Å². The molecule has 1 aliphatic carbocycles. The fraction of sp³-hybridized carbons (Fsp3) is 0.389. The molecule has 6 nitrogen and oxygen atoms in total. The Kier molecular flexibility index (Phi) is 4.62. The highest BCUT2D eigenvalue weighted by Gasteiger charge is 2.46. The molecule has 0 spiro atoms. The van der Waals surface area contributed by atoms with E-state index in [9.17, 15) is 18.0 Å². The Morgan fingerprint density at radius 2 is 2.25 bits per heavy atom. The molecule has 0 aliphatic heterocycles. The highest BCUT2D eigenvalue weighted by Crippen LogP contribution is 2.34. The molecule has 0 unspecified atom stereocenters. The van der Waals surface area contributed by atoms with E-state index in [0.29, 0.717) is 29.0 Å². The van der Waals surface area contributed by atoms with Crippen molar-refractivity contribution in [2.75, 3.05) is 0 Å². The van der Waals surface area contributed by atoms with Crippen molar-refractivity contribution < 1.29 is 18.0 Å². The third-order valence-corrected chi connectivity index (χ3v) is 5.92. The number of pyridine rings is 1. The first-order valence-corrected chi connectivity index (χ1v) is 9.63. The number of nitrogens with one attached hydrogen (secondary N) is 1. The van der Waals surface area contributed by atoms with Gasteiger partial charge in [0.1, 0.15) is 17.4 Å². The second-order valence-corrected chi connectivity index (χ2v) is 8.10. The zero-order valence-electron chi connectivity index (χ0n) is 15.0. The van der Waals surface area contributed by atoms with E-state index in [2.05, 4.69) is 15.4 Å². The lowest BCUT2D eigenvalue weighted by Crippen LogP contribution is -2.59. The van der Waals surface area contributed by atoms with E-state index in [-0.39, 0.29) is 16.9 Å². The van der Waals surface area contributed by atoms with Crippen LogP contribution in [0.15, 0.2) is 24.5 Å². The molecule has 0 bridgehead atoms. The number of halogens is 3. The third-order valence-electron chi connectivity index (χ3n) is 4.95. The summed E-state index contributed by atoms with van der Waals surface area (Å²) >= 11 is 1.06. The predicted molar refractivity (Wildman–Crippen MR) is 99.0 cm³/mol. The summed E-state index contributed by atoms with van der Waals surface area (Å²) in [6.45, 7) is 1.73. The molecule has 1 amide bonds. The van der Waals surface area contributed by atoms with E-state index in [1.54, 1.807) is 13.1 Å². The van der Waals surface area contributed by atoms with E-state index >= 15 is 0 Å². The van der Waals surface area contributed by atoms with E-state index in [1.807, 2.05) is 0 Å². The largest absolute Gasteiger partial charge is 0.340 e. The molecular formula is C18H18F3N5OS. The zero-order valence-corrected chi connectivity index (χ0v) is 15.8. The van der Waals surface area contributed by atoms with Crippen LogP contribution in [0.4, 0.5) is 13.2 Å². The van der Waals surface area contributed by atoms with Gasteiger partial charge in [0.05, 0.1) is 17.5 Å². The summed E-state index contributed by atoms with van der Waals surface area (Å²) in [7, 11) is 0. The van der Waals surface area contributed by atoms with Crippen LogP contribution in [0.2, 0.25) is 0 Å². The molecule has 3 aromatic heterocycles. The minimum absolute atomic E-state index is 0.0248. The molecule has 3 heterocycles. The lowest BCUT2D eigenvalue weighted by atomic mass is 9.87. The lowest BCUT2D eigenvalue weighted by Gasteiger charge is -2.36. The number of amides is 1. The van der Waals surface area contributed by atoms with Gasteiger partial charge in [-0.2, -0.15) is 5.10 Å². The number of fused-ring (bicyclic) bond motifs is 1. The summed E-state index contributed by atoms with van der Waals surface area (Å²) in [4.78, 5) is 17.5. The normalized spacial score (nSPS) is 21.8. The first-order valence-electron chi connectivity index (χ1n) is 8.82. The average molecular weight is 409 g/mol. The Morgan fingerprint density at radius 3 is 3.00 bits per heavy atom. The molecule has 3 aromatic rings. The summed E-state index contributed by atoms with van der Waals surface area (Å²) in [6.07, 6.45) is 3.50. The fourth-order valence-electron chi connectivity index (χ4n) is 3.54. The molecule has 28 heavy (non-hydrogen) atoms. The zero-order chi connectivity index (χ0) is 20.1. The van der Waals surface area contributed by atoms with Gasteiger partial charge in [0.25, 0.3) is 11.8 Å². The molecule has 1 aliphatic rings. The number of nitrogens with two attached hydrogens (primary N) is 1. The highest BCUT2D eigenvalue weighted by molar-refractivity contribution is 7.14. The van der Waals surface area contributed by atoms with Crippen LogP contribution in [0, 0.1) is 12.7 Å². The third kappa shape index (κ3) is 3.16. The minimum Gasteiger partial charge on any atom is -0.340 e. The first kappa shape index (κ1) is 18.9. The van der Waals surface area contributed by atoms with Crippen molar-refractivity contribution >= 4 is 22.8 Å². The van der Waals surface area contributed by atoms with Crippen LogP contribution in [0.3, 0.4) is 0 Å². The average Bonchev–Trinajstić information content (AvgIpc) is 3.22. The van der Waals surface area contributed by atoms with Crippen LogP contribution in [0.5, 0.6) is 0 Å². The smallest absolute Gasteiger partial charge is 0.280 e. The van der Waals surface area contributed by atoms with E-state index < -0.39 is 29.7 Å². The summed E-state index contributed by atoms with van der Waals surface area (Å²) < 4.78 is 43.9. The minimum atomic E-state index is -3.06. The van der Waals surface area contributed by atoms with Crippen molar-refractivity contribution in [2.24, 2.45) is 5.73 Å². The highest BCUT2D eigenvalue weighted by atomic mass is 32.1. The van der Waals surface area contributed by atoms with Gasteiger partial charge in [0, 0.05) is 23.5 Å². The standard InChI is InChI=1S/C18H18F3N5OS/c1-9-13(10-8-23-26-7-3-4-11(19)14(10)26)24-17(28-9)16(27)25-15-12(22)5-2-6-18(15,20)21/h3-4,7-8,12,15H,2,5-6,22H2,1H3,(H,25,27)/t12-,15-/m1/s1. The number of carbonyl (C=O) groups excluding carboxylic acids is 1. The number of hydrogen-bond acceptors (Lipinski definition) is 5. The van der Waals surface area contributed by atoms with Crippen LogP contribution < -0.4 is 11.1 Å². The van der Waals surface area contributed by atoms with Crippen molar-refractivity contribution in [3.8, 4) is 11.3 Å². The molecule has 0 aromatic carbocycles. The van der Waals surface area contributed by atoms with Gasteiger partial charge in [0.15, 0.2) is 5.01 Å². The number of alkyl halides is 2. The number of rotatable bonds is 3. The van der Waals surface area contributed by atoms with Crippen LogP contribution in [-0.4, -0.2) is 38.5 Å². The predicted octanol–water partition coefficient (Wildman–Crippen LogP) is 3.15. The van der Waals surface area contributed by atoms with Crippen LogP contribution >= 0.6 is 11.3 Å². The lowest BCUT2D eigenvalue weighted by molar-refractivity contribution is -0.0674.